The zero-order chi connectivity index (χ0) is 15.9. The zero-order valence-electron chi connectivity index (χ0n) is 13.6. The molecule has 0 aliphatic carbocycles. The Morgan fingerprint density at radius 3 is 2.55 bits per heavy atom. The second kappa shape index (κ2) is 7.64. The number of rotatable bonds is 7. The number of nitrogens with one attached hydrogen (secondary N) is 1. The highest BCUT2D eigenvalue weighted by Crippen LogP contribution is 2.28. The number of aromatic nitrogens is 2. The standard InChI is InChI=1S/C17H23N3O2/c1-12(10-18-17-8-13(2)19-11-20-17)7-14-5-6-15(21-3)16(9-14)22-4/h5-6,8-9,11-12H,7,10H2,1-4H3,(H,18,19,20). The molecule has 0 aliphatic heterocycles. The number of benzene rings is 1. The van der Waals surface area contributed by atoms with Gasteiger partial charge in [-0.15, -0.1) is 0 Å². The van der Waals surface area contributed by atoms with Crippen LogP contribution >= 0.6 is 0 Å². The molecule has 0 spiro atoms. The van der Waals surface area contributed by atoms with Crippen LogP contribution in [0.4, 0.5) is 5.82 Å². The van der Waals surface area contributed by atoms with E-state index in [1.807, 2.05) is 25.1 Å². The Hall–Kier alpha value is -2.30. The van der Waals surface area contributed by atoms with E-state index in [1.54, 1.807) is 20.5 Å². The summed E-state index contributed by atoms with van der Waals surface area (Å²) in [5.74, 6) is 2.86. The molecule has 2 rings (SSSR count). The number of nitrogens with zero attached hydrogens (tertiary/aromatic N) is 2. The Kier molecular flexibility index (Phi) is 5.58. The molecule has 1 unspecified atom stereocenters. The van der Waals surface area contributed by atoms with Crippen molar-refractivity contribution in [3.63, 3.8) is 0 Å². The molecule has 0 saturated carbocycles. The minimum Gasteiger partial charge on any atom is -0.493 e. The van der Waals surface area contributed by atoms with Gasteiger partial charge in [-0.05, 0) is 37.0 Å². The molecule has 0 aliphatic rings. The highest BCUT2D eigenvalue weighted by atomic mass is 16.5. The molecule has 0 fully saturated rings. The molecular weight excluding hydrogens is 278 g/mol. The van der Waals surface area contributed by atoms with Gasteiger partial charge < -0.3 is 14.8 Å². The molecule has 2 aromatic rings. The number of aryl methyl sites for hydroxylation is 1. The number of ether oxygens (including phenoxy) is 2. The summed E-state index contributed by atoms with van der Waals surface area (Å²) in [5.41, 5.74) is 2.19. The number of hydrogen-bond acceptors (Lipinski definition) is 5. The second-order valence-electron chi connectivity index (χ2n) is 5.42. The molecule has 22 heavy (non-hydrogen) atoms. The van der Waals surface area contributed by atoms with Crippen molar-refractivity contribution in [2.24, 2.45) is 5.92 Å². The van der Waals surface area contributed by atoms with E-state index in [0.717, 1.165) is 36.0 Å². The second-order valence-corrected chi connectivity index (χ2v) is 5.42. The topological polar surface area (TPSA) is 56.3 Å². The van der Waals surface area contributed by atoms with Gasteiger partial charge in [0.25, 0.3) is 0 Å². The molecule has 1 heterocycles. The number of hydrogen-bond donors (Lipinski definition) is 1. The van der Waals surface area contributed by atoms with Gasteiger partial charge in [0.1, 0.15) is 12.1 Å². The van der Waals surface area contributed by atoms with Gasteiger partial charge in [0, 0.05) is 18.3 Å². The molecule has 118 valence electrons. The molecule has 1 aromatic heterocycles. The van der Waals surface area contributed by atoms with Crippen LogP contribution in [0.1, 0.15) is 18.2 Å². The average Bonchev–Trinajstić information content (AvgIpc) is 2.53. The van der Waals surface area contributed by atoms with E-state index >= 15 is 0 Å². The van der Waals surface area contributed by atoms with Gasteiger partial charge >= 0.3 is 0 Å². The molecule has 0 radical (unpaired) electrons. The first-order valence-electron chi connectivity index (χ1n) is 7.35. The number of anilines is 1. The molecular formula is C17H23N3O2. The van der Waals surface area contributed by atoms with Crippen molar-refractivity contribution in [1.82, 2.24) is 9.97 Å². The first-order valence-corrected chi connectivity index (χ1v) is 7.35. The predicted octanol–water partition coefficient (Wildman–Crippen LogP) is 3.09. The fourth-order valence-corrected chi connectivity index (χ4v) is 2.31. The van der Waals surface area contributed by atoms with Crippen molar-refractivity contribution in [3.05, 3.63) is 41.9 Å². The van der Waals surface area contributed by atoms with E-state index in [4.69, 9.17) is 9.47 Å². The lowest BCUT2D eigenvalue weighted by Gasteiger charge is -2.15. The highest BCUT2D eigenvalue weighted by Gasteiger charge is 2.08. The van der Waals surface area contributed by atoms with Crippen LogP contribution in [0.3, 0.4) is 0 Å². The Morgan fingerprint density at radius 1 is 1.09 bits per heavy atom. The van der Waals surface area contributed by atoms with Gasteiger partial charge in [-0.1, -0.05) is 13.0 Å². The van der Waals surface area contributed by atoms with Crippen LogP contribution in [0.25, 0.3) is 0 Å². The Balaban J connectivity index is 1.93. The maximum atomic E-state index is 5.34. The SMILES string of the molecule is COc1ccc(CC(C)CNc2cc(C)ncn2)cc1OC. The van der Waals surface area contributed by atoms with Crippen molar-refractivity contribution >= 4 is 5.82 Å². The summed E-state index contributed by atoms with van der Waals surface area (Å²) in [6.45, 7) is 5.02. The van der Waals surface area contributed by atoms with Crippen LogP contribution in [-0.2, 0) is 6.42 Å². The first kappa shape index (κ1) is 16.1. The summed E-state index contributed by atoms with van der Waals surface area (Å²) in [7, 11) is 3.30. The van der Waals surface area contributed by atoms with Crippen LogP contribution in [0, 0.1) is 12.8 Å². The van der Waals surface area contributed by atoms with Crippen molar-refractivity contribution < 1.29 is 9.47 Å². The summed E-state index contributed by atoms with van der Waals surface area (Å²) in [5, 5.41) is 3.35. The predicted molar refractivity (Wildman–Crippen MR) is 87.7 cm³/mol. The fraction of sp³-hybridized carbons (Fsp3) is 0.412. The van der Waals surface area contributed by atoms with Gasteiger partial charge in [-0.3, -0.25) is 0 Å². The number of methoxy groups -OCH3 is 2. The lowest BCUT2D eigenvalue weighted by atomic mass is 10.0. The van der Waals surface area contributed by atoms with Gasteiger partial charge in [0.2, 0.25) is 0 Å². The maximum Gasteiger partial charge on any atom is 0.160 e. The quantitative estimate of drug-likeness (QED) is 0.851. The van der Waals surface area contributed by atoms with Gasteiger partial charge in [0.15, 0.2) is 11.5 Å². The molecule has 5 heteroatoms. The lowest BCUT2D eigenvalue weighted by molar-refractivity contribution is 0.354. The van der Waals surface area contributed by atoms with E-state index < -0.39 is 0 Å². The summed E-state index contributed by atoms with van der Waals surface area (Å²) >= 11 is 0. The molecule has 1 N–H and O–H groups in total. The molecule has 0 bridgehead atoms. The molecule has 0 saturated heterocycles. The van der Waals surface area contributed by atoms with Crippen LogP contribution < -0.4 is 14.8 Å². The van der Waals surface area contributed by atoms with Crippen LogP contribution in [0.15, 0.2) is 30.6 Å². The Bertz CT molecular complexity index is 617. The third-order valence-electron chi connectivity index (χ3n) is 3.47. The minimum absolute atomic E-state index is 0.466. The van der Waals surface area contributed by atoms with E-state index in [9.17, 15) is 0 Å². The lowest BCUT2D eigenvalue weighted by Crippen LogP contribution is -2.14. The van der Waals surface area contributed by atoms with Gasteiger partial charge in [0.05, 0.1) is 14.2 Å². The van der Waals surface area contributed by atoms with Crippen molar-refractivity contribution in [3.8, 4) is 11.5 Å². The summed E-state index contributed by atoms with van der Waals surface area (Å²) in [6, 6.07) is 8.00. The van der Waals surface area contributed by atoms with Gasteiger partial charge in [-0.2, -0.15) is 0 Å². The van der Waals surface area contributed by atoms with Crippen LogP contribution in [0.2, 0.25) is 0 Å². The third-order valence-corrected chi connectivity index (χ3v) is 3.47. The third kappa shape index (κ3) is 4.35. The van der Waals surface area contributed by atoms with E-state index in [2.05, 4.69) is 28.3 Å². The van der Waals surface area contributed by atoms with Crippen LogP contribution in [0.5, 0.6) is 11.5 Å². The Morgan fingerprint density at radius 2 is 1.86 bits per heavy atom. The Labute approximate surface area is 131 Å². The maximum absolute atomic E-state index is 5.34. The van der Waals surface area contributed by atoms with E-state index in [0.29, 0.717) is 5.92 Å². The zero-order valence-corrected chi connectivity index (χ0v) is 13.6. The van der Waals surface area contributed by atoms with E-state index in [1.165, 1.54) is 5.56 Å². The molecule has 5 nitrogen and oxygen atoms in total. The highest BCUT2D eigenvalue weighted by molar-refractivity contribution is 5.43. The van der Waals surface area contributed by atoms with E-state index in [-0.39, 0.29) is 0 Å². The summed E-state index contributed by atoms with van der Waals surface area (Å²) in [4.78, 5) is 8.30. The molecule has 1 atom stereocenters. The van der Waals surface area contributed by atoms with Crippen LogP contribution in [-0.4, -0.2) is 30.7 Å². The summed E-state index contributed by atoms with van der Waals surface area (Å²) in [6.07, 6.45) is 2.54. The normalized spacial score (nSPS) is 11.8. The molecule has 0 amide bonds. The van der Waals surface area contributed by atoms with Crippen molar-refractivity contribution in [2.75, 3.05) is 26.1 Å². The fourth-order valence-electron chi connectivity index (χ4n) is 2.31. The first-order chi connectivity index (χ1) is 10.6. The monoisotopic (exact) mass is 301 g/mol. The van der Waals surface area contributed by atoms with Crippen molar-refractivity contribution in [1.29, 1.82) is 0 Å². The minimum atomic E-state index is 0.466. The average molecular weight is 301 g/mol. The van der Waals surface area contributed by atoms with Gasteiger partial charge in [-0.25, -0.2) is 9.97 Å². The smallest absolute Gasteiger partial charge is 0.160 e. The van der Waals surface area contributed by atoms with Crippen molar-refractivity contribution in [2.45, 2.75) is 20.3 Å². The molecule has 1 aromatic carbocycles. The summed E-state index contributed by atoms with van der Waals surface area (Å²) < 4.78 is 10.6. The largest absolute Gasteiger partial charge is 0.493 e.